The number of hydrogen-bond acceptors (Lipinski definition) is 2. The van der Waals surface area contributed by atoms with Gasteiger partial charge in [-0.05, 0) is 31.9 Å². The number of aromatic nitrogens is 2. The van der Waals surface area contributed by atoms with Crippen molar-refractivity contribution in [2.45, 2.75) is 46.3 Å². The molecular formula is C16H22N2O. The Morgan fingerprint density at radius 1 is 1.26 bits per heavy atom. The highest BCUT2D eigenvalue weighted by Gasteiger charge is 2.13. The zero-order valence-corrected chi connectivity index (χ0v) is 11.9. The van der Waals surface area contributed by atoms with Crippen LogP contribution < -0.4 is 0 Å². The van der Waals surface area contributed by atoms with Gasteiger partial charge in [0.2, 0.25) is 0 Å². The zero-order valence-electron chi connectivity index (χ0n) is 11.9. The van der Waals surface area contributed by atoms with Crippen LogP contribution in [0.15, 0.2) is 30.3 Å². The number of nitrogens with zero attached hydrogens (tertiary/aromatic N) is 2. The molecule has 0 saturated heterocycles. The maximum Gasteiger partial charge on any atom is 0.0845 e. The van der Waals surface area contributed by atoms with Gasteiger partial charge in [0.15, 0.2) is 0 Å². The summed E-state index contributed by atoms with van der Waals surface area (Å²) in [5.41, 5.74) is 4.35. The Balaban J connectivity index is 2.18. The fourth-order valence-corrected chi connectivity index (χ4v) is 2.32. The number of hydrogen-bond donors (Lipinski definition) is 1. The second-order valence-corrected chi connectivity index (χ2v) is 4.93. The van der Waals surface area contributed by atoms with E-state index in [0.29, 0.717) is 6.42 Å². The van der Waals surface area contributed by atoms with E-state index in [-0.39, 0.29) is 0 Å². The molecule has 0 aliphatic carbocycles. The molecule has 1 N–H and O–H groups in total. The number of aliphatic hydroxyl groups excluding tert-OH is 1. The van der Waals surface area contributed by atoms with E-state index >= 15 is 0 Å². The lowest BCUT2D eigenvalue weighted by atomic mass is 10.0. The Hall–Kier alpha value is -1.61. The third kappa shape index (κ3) is 3.24. The summed E-state index contributed by atoms with van der Waals surface area (Å²) in [7, 11) is 0. The van der Waals surface area contributed by atoms with E-state index in [1.807, 2.05) is 35.9 Å². The maximum atomic E-state index is 10.4. The molecule has 0 radical (unpaired) electrons. The van der Waals surface area contributed by atoms with Crippen molar-refractivity contribution in [3.8, 4) is 0 Å². The lowest BCUT2D eigenvalue weighted by Gasteiger charge is -2.12. The number of rotatable bonds is 5. The van der Waals surface area contributed by atoms with Gasteiger partial charge in [0.25, 0.3) is 0 Å². The van der Waals surface area contributed by atoms with Gasteiger partial charge in [0.1, 0.15) is 0 Å². The minimum absolute atomic E-state index is 0.466. The highest BCUT2D eigenvalue weighted by molar-refractivity contribution is 5.25. The number of aliphatic hydroxyl groups is 1. The Labute approximate surface area is 114 Å². The van der Waals surface area contributed by atoms with Crippen molar-refractivity contribution in [3.05, 3.63) is 52.8 Å². The van der Waals surface area contributed by atoms with Gasteiger partial charge in [-0.3, -0.25) is 4.68 Å². The van der Waals surface area contributed by atoms with Crippen molar-refractivity contribution in [1.82, 2.24) is 9.78 Å². The molecule has 0 amide bonds. The second kappa shape index (κ2) is 6.02. The van der Waals surface area contributed by atoms with Crippen LogP contribution in [-0.2, 0) is 19.4 Å². The molecule has 1 heterocycles. The molecule has 0 fully saturated rings. The van der Waals surface area contributed by atoms with Crippen molar-refractivity contribution in [2.24, 2.45) is 0 Å². The zero-order chi connectivity index (χ0) is 13.8. The third-order valence-electron chi connectivity index (χ3n) is 3.41. The predicted octanol–water partition coefficient (Wildman–Crippen LogP) is 3.05. The van der Waals surface area contributed by atoms with E-state index in [1.165, 1.54) is 5.56 Å². The molecule has 1 aromatic heterocycles. The fourth-order valence-electron chi connectivity index (χ4n) is 2.32. The van der Waals surface area contributed by atoms with Crippen molar-refractivity contribution in [2.75, 3.05) is 0 Å². The minimum atomic E-state index is -0.466. The molecular weight excluding hydrogens is 236 g/mol. The monoisotopic (exact) mass is 258 g/mol. The lowest BCUT2D eigenvalue weighted by Crippen LogP contribution is -2.08. The molecule has 3 nitrogen and oxygen atoms in total. The van der Waals surface area contributed by atoms with Gasteiger partial charge in [-0.2, -0.15) is 5.10 Å². The van der Waals surface area contributed by atoms with E-state index in [1.54, 1.807) is 0 Å². The summed E-state index contributed by atoms with van der Waals surface area (Å²) in [6.45, 7) is 7.07. The molecule has 0 aliphatic rings. The Bertz CT molecular complexity index is 545. The smallest absolute Gasteiger partial charge is 0.0845 e. The van der Waals surface area contributed by atoms with Crippen LogP contribution in [0.2, 0.25) is 0 Å². The second-order valence-electron chi connectivity index (χ2n) is 4.93. The third-order valence-corrected chi connectivity index (χ3v) is 3.41. The number of aryl methyl sites for hydroxylation is 3. The van der Waals surface area contributed by atoms with Gasteiger partial charge < -0.3 is 5.11 Å². The molecule has 1 aromatic carbocycles. The summed E-state index contributed by atoms with van der Waals surface area (Å²) in [5.74, 6) is 0. The van der Waals surface area contributed by atoms with Crippen molar-refractivity contribution < 1.29 is 5.11 Å². The van der Waals surface area contributed by atoms with Crippen LogP contribution in [0, 0.1) is 6.92 Å². The van der Waals surface area contributed by atoms with Gasteiger partial charge in [-0.15, -0.1) is 0 Å². The minimum Gasteiger partial charge on any atom is -0.388 e. The Morgan fingerprint density at radius 2 is 2.05 bits per heavy atom. The van der Waals surface area contributed by atoms with Crippen molar-refractivity contribution in [1.29, 1.82) is 0 Å². The average Bonchev–Trinajstić information content (AvgIpc) is 2.81. The average molecular weight is 258 g/mol. The quantitative estimate of drug-likeness (QED) is 0.895. The first-order valence-electron chi connectivity index (χ1n) is 6.94. The first-order chi connectivity index (χ1) is 9.13. The standard InChI is InChI=1S/C16H22N2O/c1-4-14-10-15(18(5-2)17-14)11-16(19)13-8-6-7-12(3)9-13/h6-10,16,19H,4-5,11H2,1-3H3. The largest absolute Gasteiger partial charge is 0.388 e. The van der Waals surface area contributed by atoms with Crippen LogP contribution >= 0.6 is 0 Å². The van der Waals surface area contributed by atoms with E-state index in [2.05, 4.69) is 25.0 Å². The SMILES string of the molecule is CCc1cc(CC(O)c2cccc(C)c2)n(CC)n1. The molecule has 1 unspecified atom stereocenters. The summed E-state index contributed by atoms with van der Waals surface area (Å²) in [6, 6.07) is 10.1. The van der Waals surface area contributed by atoms with Gasteiger partial charge >= 0.3 is 0 Å². The molecule has 0 saturated carbocycles. The summed E-state index contributed by atoms with van der Waals surface area (Å²) < 4.78 is 1.98. The molecule has 1 atom stereocenters. The van der Waals surface area contributed by atoms with E-state index < -0.39 is 6.10 Å². The summed E-state index contributed by atoms with van der Waals surface area (Å²) >= 11 is 0. The predicted molar refractivity (Wildman–Crippen MR) is 77.1 cm³/mol. The highest BCUT2D eigenvalue weighted by atomic mass is 16.3. The van der Waals surface area contributed by atoms with Crippen LogP contribution in [0.3, 0.4) is 0 Å². The van der Waals surface area contributed by atoms with Crippen LogP contribution in [0.25, 0.3) is 0 Å². The molecule has 102 valence electrons. The first kappa shape index (κ1) is 13.8. The fraction of sp³-hybridized carbons (Fsp3) is 0.438. The van der Waals surface area contributed by atoms with Crippen LogP contribution in [0.4, 0.5) is 0 Å². The van der Waals surface area contributed by atoms with E-state index in [9.17, 15) is 5.11 Å². The molecule has 0 aliphatic heterocycles. The highest BCUT2D eigenvalue weighted by Crippen LogP contribution is 2.20. The molecule has 0 bridgehead atoms. The molecule has 2 rings (SSSR count). The van der Waals surface area contributed by atoms with Crippen molar-refractivity contribution >= 4 is 0 Å². The molecule has 2 aromatic rings. The normalized spacial score (nSPS) is 12.6. The maximum absolute atomic E-state index is 10.4. The Morgan fingerprint density at radius 3 is 2.68 bits per heavy atom. The van der Waals surface area contributed by atoms with Gasteiger partial charge in [-0.25, -0.2) is 0 Å². The lowest BCUT2D eigenvalue weighted by molar-refractivity contribution is 0.175. The van der Waals surface area contributed by atoms with Crippen LogP contribution in [0.1, 0.15) is 42.5 Å². The topological polar surface area (TPSA) is 38.0 Å². The van der Waals surface area contributed by atoms with E-state index in [0.717, 1.165) is 29.9 Å². The molecule has 3 heteroatoms. The van der Waals surface area contributed by atoms with Gasteiger partial charge in [0, 0.05) is 18.7 Å². The van der Waals surface area contributed by atoms with Gasteiger partial charge in [0.05, 0.1) is 11.8 Å². The summed E-state index contributed by atoms with van der Waals surface area (Å²) in [4.78, 5) is 0. The number of benzene rings is 1. The van der Waals surface area contributed by atoms with Crippen molar-refractivity contribution in [3.63, 3.8) is 0 Å². The summed E-state index contributed by atoms with van der Waals surface area (Å²) in [5, 5.41) is 14.9. The Kier molecular flexibility index (Phi) is 4.38. The van der Waals surface area contributed by atoms with Gasteiger partial charge in [-0.1, -0.05) is 36.8 Å². The van der Waals surface area contributed by atoms with Crippen LogP contribution in [-0.4, -0.2) is 14.9 Å². The first-order valence-corrected chi connectivity index (χ1v) is 6.94. The van der Waals surface area contributed by atoms with E-state index in [4.69, 9.17) is 0 Å². The molecule has 0 spiro atoms. The molecule has 19 heavy (non-hydrogen) atoms. The van der Waals surface area contributed by atoms with Crippen LogP contribution in [0.5, 0.6) is 0 Å². The summed E-state index contributed by atoms with van der Waals surface area (Å²) in [6.07, 6.45) is 1.08.